The van der Waals surface area contributed by atoms with Gasteiger partial charge in [-0.05, 0) is 11.6 Å². The van der Waals surface area contributed by atoms with Gasteiger partial charge in [-0.25, -0.2) is 0 Å². The molecule has 1 unspecified atom stereocenters. The van der Waals surface area contributed by atoms with Crippen molar-refractivity contribution < 1.29 is 4.79 Å². The number of hydrogen-bond acceptors (Lipinski definition) is 2. The molecule has 1 aliphatic heterocycles. The summed E-state index contributed by atoms with van der Waals surface area (Å²) in [7, 11) is 0. The summed E-state index contributed by atoms with van der Waals surface area (Å²) in [4.78, 5) is 14.1. The van der Waals surface area contributed by atoms with Gasteiger partial charge >= 0.3 is 0 Å². The lowest BCUT2D eigenvalue weighted by Crippen LogP contribution is -2.35. The molecule has 0 bridgehead atoms. The summed E-state index contributed by atoms with van der Waals surface area (Å²) >= 11 is 3.52. The van der Waals surface area contributed by atoms with Gasteiger partial charge in [-0.2, -0.15) is 0 Å². The first kappa shape index (κ1) is 12.6. The lowest BCUT2D eigenvalue weighted by molar-refractivity contribution is -0.134. The van der Waals surface area contributed by atoms with Crippen LogP contribution in [0.25, 0.3) is 0 Å². The smallest absolute Gasteiger partial charge is 0.227 e. The van der Waals surface area contributed by atoms with E-state index in [1.807, 2.05) is 30.0 Å². The number of rotatable bonds is 2. The number of hydrogen-bond donors (Lipinski definition) is 1. The zero-order chi connectivity index (χ0) is 12.3. The van der Waals surface area contributed by atoms with Crippen molar-refractivity contribution in [1.29, 1.82) is 0 Å². The third kappa shape index (κ3) is 3.07. The van der Waals surface area contributed by atoms with Crippen molar-refractivity contribution in [2.45, 2.75) is 13.5 Å². The van der Waals surface area contributed by atoms with Crippen LogP contribution in [0.15, 0.2) is 28.7 Å². The molecule has 0 radical (unpaired) electrons. The minimum Gasteiger partial charge on any atom is -0.337 e. The van der Waals surface area contributed by atoms with E-state index >= 15 is 0 Å². The Kier molecular flexibility index (Phi) is 4.18. The Labute approximate surface area is 110 Å². The molecule has 1 N–H and O–H groups in total. The van der Waals surface area contributed by atoms with E-state index in [2.05, 4.69) is 27.3 Å². The summed E-state index contributed by atoms with van der Waals surface area (Å²) in [5, 5.41) is 3.28. The van der Waals surface area contributed by atoms with Crippen LogP contribution in [-0.4, -0.2) is 30.4 Å². The first-order valence-electron chi connectivity index (χ1n) is 5.91. The highest BCUT2D eigenvalue weighted by Gasteiger charge is 2.23. The van der Waals surface area contributed by atoms with Crippen molar-refractivity contribution in [1.82, 2.24) is 10.2 Å². The molecule has 0 aliphatic carbocycles. The predicted molar refractivity (Wildman–Crippen MR) is 71.6 cm³/mol. The fraction of sp³-hybridized carbons (Fsp3) is 0.462. The molecule has 3 nitrogen and oxygen atoms in total. The normalized spacial score (nSPS) is 21.4. The van der Waals surface area contributed by atoms with Gasteiger partial charge in [0, 0.05) is 36.6 Å². The SMILES string of the molecule is CC1CNCCN(Cc2ccccc2Br)C1=O. The summed E-state index contributed by atoms with van der Waals surface area (Å²) in [6.07, 6.45) is 0. The molecule has 1 aliphatic rings. The molecule has 0 aromatic heterocycles. The molecule has 1 atom stereocenters. The van der Waals surface area contributed by atoms with Crippen LogP contribution in [0.5, 0.6) is 0 Å². The van der Waals surface area contributed by atoms with Crippen molar-refractivity contribution >= 4 is 21.8 Å². The minimum atomic E-state index is 0.0694. The van der Waals surface area contributed by atoms with Crippen molar-refractivity contribution in [3.63, 3.8) is 0 Å². The van der Waals surface area contributed by atoms with Gasteiger partial charge in [-0.15, -0.1) is 0 Å². The Hall–Kier alpha value is -0.870. The van der Waals surface area contributed by atoms with Crippen LogP contribution < -0.4 is 5.32 Å². The van der Waals surface area contributed by atoms with Gasteiger partial charge in [0.1, 0.15) is 0 Å². The number of nitrogens with zero attached hydrogens (tertiary/aromatic N) is 1. The van der Waals surface area contributed by atoms with Crippen LogP contribution in [0, 0.1) is 5.92 Å². The summed E-state index contributed by atoms with van der Waals surface area (Å²) in [6.45, 7) is 5.11. The van der Waals surface area contributed by atoms with Crippen molar-refractivity contribution in [2.24, 2.45) is 5.92 Å². The molecule has 4 heteroatoms. The third-order valence-electron chi connectivity index (χ3n) is 3.06. The van der Waals surface area contributed by atoms with Gasteiger partial charge in [-0.1, -0.05) is 41.1 Å². The maximum absolute atomic E-state index is 12.1. The quantitative estimate of drug-likeness (QED) is 0.906. The van der Waals surface area contributed by atoms with Gasteiger partial charge in [0.25, 0.3) is 0 Å². The van der Waals surface area contributed by atoms with Crippen LogP contribution in [0.4, 0.5) is 0 Å². The Bertz CT molecular complexity index is 408. The summed E-state index contributed by atoms with van der Waals surface area (Å²) in [5.74, 6) is 0.311. The van der Waals surface area contributed by atoms with E-state index in [1.165, 1.54) is 0 Å². The first-order valence-corrected chi connectivity index (χ1v) is 6.70. The number of benzene rings is 1. The van der Waals surface area contributed by atoms with Crippen LogP contribution >= 0.6 is 15.9 Å². The standard InChI is InChI=1S/C13H17BrN2O/c1-10-8-15-6-7-16(13(10)17)9-11-4-2-3-5-12(11)14/h2-5,10,15H,6-9H2,1H3. The monoisotopic (exact) mass is 296 g/mol. The molecule has 1 fully saturated rings. The highest BCUT2D eigenvalue weighted by molar-refractivity contribution is 9.10. The van der Waals surface area contributed by atoms with Crippen molar-refractivity contribution in [3.8, 4) is 0 Å². The molecule has 2 rings (SSSR count). The Morgan fingerprint density at radius 1 is 1.47 bits per heavy atom. The van der Waals surface area contributed by atoms with Crippen LogP contribution in [0.1, 0.15) is 12.5 Å². The molecule has 0 saturated carbocycles. The number of nitrogens with one attached hydrogen (secondary N) is 1. The minimum absolute atomic E-state index is 0.0694. The predicted octanol–water partition coefficient (Wildman–Crippen LogP) is 2.02. The molecule has 1 heterocycles. The number of halogens is 1. The average Bonchev–Trinajstić information content (AvgIpc) is 2.47. The topological polar surface area (TPSA) is 32.3 Å². The molecule has 1 aromatic rings. The highest BCUT2D eigenvalue weighted by Crippen LogP contribution is 2.19. The van der Waals surface area contributed by atoms with E-state index in [9.17, 15) is 4.79 Å². The van der Waals surface area contributed by atoms with Gasteiger partial charge in [0.2, 0.25) is 5.91 Å². The van der Waals surface area contributed by atoms with E-state index in [1.54, 1.807) is 0 Å². The molecule has 1 aromatic carbocycles. The summed E-state index contributed by atoms with van der Waals surface area (Å²) in [6, 6.07) is 8.06. The molecular weight excluding hydrogens is 280 g/mol. The number of carbonyl (C=O) groups excluding carboxylic acids is 1. The van der Waals surface area contributed by atoms with Crippen molar-refractivity contribution in [2.75, 3.05) is 19.6 Å². The molecular formula is C13H17BrN2O. The second-order valence-corrected chi connectivity index (χ2v) is 5.31. The highest BCUT2D eigenvalue weighted by atomic mass is 79.9. The third-order valence-corrected chi connectivity index (χ3v) is 3.83. The number of amides is 1. The van der Waals surface area contributed by atoms with Crippen LogP contribution in [-0.2, 0) is 11.3 Å². The fourth-order valence-corrected chi connectivity index (χ4v) is 2.44. The second-order valence-electron chi connectivity index (χ2n) is 4.46. The van der Waals surface area contributed by atoms with Crippen LogP contribution in [0.3, 0.4) is 0 Å². The Morgan fingerprint density at radius 2 is 2.24 bits per heavy atom. The van der Waals surface area contributed by atoms with E-state index in [0.29, 0.717) is 6.54 Å². The molecule has 0 spiro atoms. The molecule has 92 valence electrons. The second kappa shape index (κ2) is 5.65. The summed E-state index contributed by atoms with van der Waals surface area (Å²) in [5.41, 5.74) is 1.16. The molecule has 1 saturated heterocycles. The fourth-order valence-electron chi connectivity index (χ4n) is 2.03. The maximum Gasteiger partial charge on any atom is 0.227 e. The molecule has 17 heavy (non-hydrogen) atoms. The van der Waals surface area contributed by atoms with Crippen LogP contribution in [0.2, 0.25) is 0 Å². The Morgan fingerprint density at radius 3 is 3.00 bits per heavy atom. The van der Waals surface area contributed by atoms with Crippen molar-refractivity contribution in [3.05, 3.63) is 34.3 Å². The van der Waals surface area contributed by atoms with E-state index in [-0.39, 0.29) is 11.8 Å². The van der Waals surface area contributed by atoms with Gasteiger partial charge < -0.3 is 10.2 Å². The zero-order valence-electron chi connectivity index (χ0n) is 9.95. The Balaban J connectivity index is 2.12. The maximum atomic E-state index is 12.1. The first-order chi connectivity index (χ1) is 8.18. The average molecular weight is 297 g/mol. The van der Waals surface area contributed by atoms with Gasteiger partial charge in [0.05, 0.1) is 0 Å². The largest absolute Gasteiger partial charge is 0.337 e. The van der Waals surface area contributed by atoms with Gasteiger partial charge in [0.15, 0.2) is 0 Å². The van der Waals surface area contributed by atoms with E-state index in [4.69, 9.17) is 0 Å². The van der Waals surface area contributed by atoms with Gasteiger partial charge in [-0.3, -0.25) is 4.79 Å². The lowest BCUT2D eigenvalue weighted by Gasteiger charge is -2.23. The van der Waals surface area contributed by atoms with E-state index < -0.39 is 0 Å². The summed E-state index contributed by atoms with van der Waals surface area (Å²) < 4.78 is 1.07. The molecule has 1 amide bonds. The zero-order valence-corrected chi connectivity index (χ0v) is 11.5. The van der Waals surface area contributed by atoms with E-state index in [0.717, 1.165) is 29.7 Å². The lowest BCUT2D eigenvalue weighted by atomic mass is 10.1. The number of carbonyl (C=O) groups is 1.